The van der Waals surface area contributed by atoms with E-state index in [1.165, 1.54) is 0 Å². The molecule has 1 heterocycles. The van der Waals surface area contributed by atoms with Gasteiger partial charge in [0.25, 0.3) is 0 Å². The van der Waals surface area contributed by atoms with Crippen LogP contribution in [0, 0.1) is 0 Å². The van der Waals surface area contributed by atoms with Gasteiger partial charge >= 0.3 is 0 Å². The average Bonchev–Trinajstić information content (AvgIpc) is 2.28. The van der Waals surface area contributed by atoms with Crippen molar-refractivity contribution < 1.29 is 0 Å². The van der Waals surface area contributed by atoms with E-state index in [-0.39, 0.29) is 0 Å². The second kappa shape index (κ2) is 5.98. The van der Waals surface area contributed by atoms with E-state index in [9.17, 15) is 0 Å². The predicted molar refractivity (Wildman–Crippen MR) is 68.4 cm³/mol. The van der Waals surface area contributed by atoms with E-state index < -0.39 is 0 Å². The molecule has 4 heteroatoms. The molecular weight excluding hydrogens is 206 g/mol. The Morgan fingerprint density at radius 1 is 1.53 bits per heavy atom. The summed E-state index contributed by atoms with van der Waals surface area (Å²) in [5.74, 6) is 1.12. The molecule has 3 nitrogen and oxygen atoms in total. The molecule has 1 rings (SSSR count). The van der Waals surface area contributed by atoms with E-state index in [0.29, 0.717) is 12.6 Å². The maximum absolute atomic E-state index is 5.50. The fraction of sp³-hybridized carbons (Fsp3) is 0.545. The van der Waals surface area contributed by atoms with E-state index in [1.807, 2.05) is 24.0 Å². The summed E-state index contributed by atoms with van der Waals surface area (Å²) in [5, 5.41) is 0. The van der Waals surface area contributed by atoms with Crippen LogP contribution < -0.4 is 10.6 Å². The van der Waals surface area contributed by atoms with Crippen molar-refractivity contribution in [1.82, 2.24) is 4.98 Å². The summed E-state index contributed by atoms with van der Waals surface area (Å²) in [6.45, 7) is 2.72. The summed E-state index contributed by atoms with van der Waals surface area (Å²) in [4.78, 5) is 6.53. The van der Waals surface area contributed by atoms with Gasteiger partial charge in [-0.2, -0.15) is 11.8 Å². The zero-order valence-corrected chi connectivity index (χ0v) is 10.4. The monoisotopic (exact) mass is 225 g/mol. The molecule has 0 bridgehead atoms. The first-order valence-electron chi connectivity index (χ1n) is 5.05. The van der Waals surface area contributed by atoms with Crippen LogP contribution in [0.25, 0.3) is 0 Å². The zero-order chi connectivity index (χ0) is 11.3. The van der Waals surface area contributed by atoms with Crippen LogP contribution in [0.2, 0.25) is 0 Å². The molecule has 0 saturated carbocycles. The average molecular weight is 225 g/mol. The predicted octanol–water partition coefficient (Wildman–Crippen LogP) is 1.73. The summed E-state index contributed by atoms with van der Waals surface area (Å²) >= 11 is 1.86. The highest BCUT2D eigenvalue weighted by atomic mass is 32.2. The SMILES string of the molecule is CSCC(C)N(C)c1ccc(CN)nc1. The summed E-state index contributed by atoms with van der Waals surface area (Å²) in [6.07, 6.45) is 4.01. The first-order valence-corrected chi connectivity index (χ1v) is 6.45. The molecule has 0 aromatic carbocycles. The summed E-state index contributed by atoms with van der Waals surface area (Å²) in [5.41, 5.74) is 7.59. The number of pyridine rings is 1. The molecule has 0 radical (unpaired) electrons. The number of hydrogen-bond acceptors (Lipinski definition) is 4. The molecule has 2 N–H and O–H groups in total. The van der Waals surface area contributed by atoms with Crippen LogP contribution in [0.15, 0.2) is 18.3 Å². The molecule has 0 aliphatic rings. The van der Waals surface area contributed by atoms with Gasteiger partial charge in [0.15, 0.2) is 0 Å². The molecule has 1 aromatic rings. The number of nitrogens with zero attached hydrogens (tertiary/aromatic N) is 2. The van der Waals surface area contributed by atoms with Crippen molar-refractivity contribution in [2.75, 3.05) is 24.0 Å². The zero-order valence-electron chi connectivity index (χ0n) is 9.60. The Morgan fingerprint density at radius 2 is 2.27 bits per heavy atom. The summed E-state index contributed by atoms with van der Waals surface area (Å²) in [7, 11) is 2.10. The van der Waals surface area contributed by atoms with Crippen molar-refractivity contribution in [1.29, 1.82) is 0 Å². The van der Waals surface area contributed by atoms with Gasteiger partial charge in [-0.3, -0.25) is 4.98 Å². The molecule has 0 fully saturated rings. The van der Waals surface area contributed by atoms with E-state index in [2.05, 4.69) is 36.2 Å². The van der Waals surface area contributed by atoms with Crippen molar-refractivity contribution in [3.05, 3.63) is 24.0 Å². The molecule has 0 amide bonds. The largest absolute Gasteiger partial charge is 0.370 e. The van der Waals surface area contributed by atoms with Crippen molar-refractivity contribution in [3.63, 3.8) is 0 Å². The van der Waals surface area contributed by atoms with Gasteiger partial charge in [-0.1, -0.05) is 0 Å². The number of rotatable bonds is 5. The van der Waals surface area contributed by atoms with E-state index in [1.54, 1.807) is 0 Å². The highest BCUT2D eigenvalue weighted by Crippen LogP contribution is 2.15. The lowest BCUT2D eigenvalue weighted by atomic mass is 10.2. The lowest BCUT2D eigenvalue weighted by molar-refractivity contribution is 0.762. The van der Waals surface area contributed by atoms with Crippen LogP contribution in [-0.2, 0) is 6.54 Å². The number of nitrogens with two attached hydrogens (primary N) is 1. The van der Waals surface area contributed by atoms with E-state index >= 15 is 0 Å². The van der Waals surface area contributed by atoms with Crippen molar-refractivity contribution in [2.24, 2.45) is 5.73 Å². The lowest BCUT2D eigenvalue weighted by Gasteiger charge is -2.26. The van der Waals surface area contributed by atoms with Crippen molar-refractivity contribution in [2.45, 2.75) is 19.5 Å². The molecule has 0 aliphatic carbocycles. The molecule has 1 aromatic heterocycles. The molecule has 1 unspecified atom stereocenters. The molecule has 15 heavy (non-hydrogen) atoms. The van der Waals surface area contributed by atoms with Gasteiger partial charge in [0.05, 0.1) is 17.6 Å². The Hall–Kier alpha value is -0.740. The third-order valence-corrected chi connectivity index (χ3v) is 3.31. The summed E-state index contributed by atoms with van der Waals surface area (Å²) < 4.78 is 0. The van der Waals surface area contributed by atoms with Crippen LogP contribution in [-0.4, -0.2) is 30.1 Å². The minimum Gasteiger partial charge on any atom is -0.370 e. The fourth-order valence-corrected chi connectivity index (χ4v) is 2.06. The lowest BCUT2D eigenvalue weighted by Crippen LogP contribution is -2.30. The highest BCUT2D eigenvalue weighted by Gasteiger charge is 2.09. The van der Waals surface area contributed by atoms with Crippen LogP contribution in [0.3, 0.4) is 0 Å². The third kappa shape index (κ3) is 3.39. The third-order valence-electron chi connectivity index (χ3n) is 2.49. The Morgan fingerprint density at radius 3 is 2.73 bits per heavy atom. The number of aromatic nitrogens is 1. The van der Waals surface area contributed by atoms with E-state index in [4.69, 9.17) is 5.73 Å². The topological polar surface area (TPSA) is 42.1 Å². The Balaban J connectivity index is 2.69. The van der Waals surface area contributed by atoms with Gasteiger partial charge in [-0.25, -0.2) is 0 Å². The quantitative estimate of drug-likeness (QED) is 0.828. The first-order chi connectivity index (χ1) is 7.19. The molecule has 0 spiro atoms. The molecule has 0 aliphatic heterocycles. The summed E-state index contributed by atoms with van der Waals surface area (Å²) in [6, 6.07) is 4.58. The van der Waals surface area contributed by atoms with Crippen LogP contribution >= 0.6 is 11.8 Å². The maximum Gasteiger partial charge on any atom is 0.0553 e. The Labute approximate surface area is 96.1 Å². The second-order valence-corrected chi connectivity index (χ2v) is 4.54. The van der Waals surface area contributed by atoms with Crippen LogP contribution in [0.4, 0.5) is 5.69 Å². The van der Waals surface area contributed by atoms with Crippen molar-refractivity contribution >= 4 is 17.4 Å². The van der Waals surface area contributed by atoms with Gasteiger partial charge in [0, 0.05) is 25.4 Å². The van der Waals surface area contributed by atoms with Gasteiger partial charge in [0.2, 0.25) is 0 Å². The molecule has 1 atom stereocenters. The molecule has 0 saturated heterocycles. The van der Waals surface area contributed by atoms with Gasteiger partial charge in [-0.15, -0.1) is 0 Å². The minimum absolute atomic E-state index is 0.504. The van der Waals surface area contributed by atoms with Gasteiger partial charge in [-0.05, 0) is 25.3 Å². The Bertz CT molecular complexity index is 286. The second-order valence-electron chi connectivity index (χ2n) is 3.63. The fourth-order valence-electron chi connectivity index (χ4n) is 1.35. The maximum atomic E-state index is 5.50. The smallest absolute Gasteiger partial charge is 0.0553 e. The van der Waals surface area contributed by atoms with E-state index in [0.717, 1.165) is 17.1 Å². The highest BCUT2D eigenvalue weighted by molar-refractivity contribution is 7.98. The Kier molecular flexibility index (Phi) is 4.91. The van der Waals surface area contributed by atoms with Crippen LogP contribution in [0.5, 0.6) is 0 Å². The number of anilines is 1. The minimum atomic E-state index is 0.504. The van der Waals surface area contributed by atoms with Gasteiger partial charge < -0.3 is 10.6 Å². The van der Waals surface area contributed by atoms with Crippen molar-refractivity contribution in [3.8, 4) is 0 Å². The number of thioether (sulfide) groups is 1. The standard InChI is InChI=1S/C11H19N3S/c1-9(8-15-3)14(2)11-5-4-10(6-12)13-7-11/h4-5,7,9H,6,8,12H2,1-3H3. The number of hydrogen-bond donors (Lipinski definition) is 1. The first kappa shape index (κ1) is 12.3. The van der Waals surface area contributed by atoms with Gasteiger partial charge in [0.1, 0.15) is 0 Å². The normalized spacial score (nSPS) is 12.5. The van der Waals surface area contributed by atoms with Crippen LogP contribution in [0.1, 0.15) is 12.6 Å². The molecule has 84 valence electrons. The molecular formula is C11H19N3S.